The summed E-state index contributed by atoms with van der Waals surface area (Å²) < 4.78 is 0. The third kappa shape index (κ3) is 1.73. The second-order valence-electron chi connectivity index (χ2n) is 10.5. The fourth-order valence-electron chi connectivity index (χ4n) is 8.92. The smallest absolute Gasteiger partial charge is 0.155 e. The largest absolute Gasteiger partial charge is 0.303 e. The van der Waals surface area contributed by atoms with Crippen molar-refractivity contribution in [2.75, 3.05) is 0 Å². The molecule has 0 aromatic heterocycles. The van der Waals surface area contributed by atoms with Crippen LogP contribution in [0, 0.1) is 45.8 Å². The Morgan fingerprint density at radius 2 is 1.84 bits per heavy atom. The van der Waals surface area contributed by atoms with Crippen LogP contribution in [0.4, 0.5) is 0 Å². The molecular weight excluding hydrogens is 308 g/mol. The molecule has 0 aromatic carbocycles. The fourth-order valence-corrected chi connectivity index (χ4v) is 8.92. The molecule has 4 saturated carbocycles. The highest BCUT2D eigenvalue weighted by Crippen LogP contribution is 2.81. The van der Waals surface area contributed by atoms with Crippen molar-refractivity contribution in [3.05, 3.63) is 11.6 Å². The van der Waals surface area contributed by atoms with Gasteiger partial charge < -0.3 is 4.79 Å². The average molecular weight is 341 g/mol. The van der Waals surface area contributed by atoms with E-state index in [1.54, 1.807) is 0 Å². The summed E-state index contributed by atoms with van der Waals surface area (Å²) in [6.07, 6.45) is 12.7. The number of carbonyl (C=O) groups is 2. The summed E-state index contributed by atoms with van der Waals surface area (Å²) in [4.78, 5) is 23.6. The van der Waals surface area contributed by atoms with Crippen LogP contribution in [-0.4, -0.2) is 12.1 Å². The van der Waals surface area contributed by atoms with Gasteiger partial charge in [0.15, 0.2) is 5.78 Å². The summed E-state index contributed by atoms with van der Waals surface area (Å²) in [7, 11) is 0. The van der Waals surface area contributed by atoms with Gasteiger partial charge in [0.1, 0.15) is 6.29 Å². The quantitative estimate of drug-likeness (QED) is 0.632. The predicted molar refractivity (Wildman–Crippen MR) is 97.9 cm³/mol. The van der Waals surface area contributed by atoms with E-state index in [0.29, 0.717) is 39.8 Å². The van der Waals surface area contributed by atoms with E-state index < -0.39 is 0 Å². The summed E-state index contributed by atoms with van der Waals surface area (Å²) in [5, 5.41) is 0. The Balaban J connectivity index is 1.51. The second-order valence-corrected chi connectivity index (χ2v) is 10.5. The highest BCUT2D eigenvalue weighted by molar-refractivity contribution is 5.91. The lowest BCUT2D eigenvalue weighted by atomic mass is 9.44. The van der Waals surface area contributed by atoms with Gasteiger partial charge in [0, 0.05) is 12.3 Å². The number of ketones is 1. The molecule has 2 nitrogen and oxygen atoms in total. The van der Waals surface area contributed by atoms with Crippen molar-refractivity contribution < 1.29 is 9.59 Å². The van der Waals surface area contributed by atoms with Crippen LogP contribution in [0.2, 0.25) is 0 Å². The Morgan fingerprint density at radius 1 is 1.04 bits per heavy atom. The van der Waals surface area contributed by atoms with Crippen molar-refractivity contribution >= 4 is 12.1 Å². The topological polar surface area (TPSA) is 34.1 Å². The van der Waals surface area contributed by atoms with Gasteiger partial charge in [-0.3, -0.25) is 4.79 Å². The minimum Gasteiger partial charge on any atom is -0.303 e. The van der Waals surface area contributed by atoms with Crippen molar-refractivity contribution in [2.45, 2.75) is 72.1 Å². The van der Waals surface area contributed by atoms with Crippen molar-refractivity contribution in [2.24, 2.45) is 45.8 Å². The molecule has 2 heteroatoms. The second kappa shape index (κ2) is 4.87. The van der Waals surface area contributed by atoms with Crippen molar-refractivity contribution in [3.8, 4) is 0 Å². The van der Waals surface area contributed by atoms with Gasteiger partial charge in [0.25, 0.3) is 0 Å². The molecule has 0 N–H and O–H groups in total. The molecule has 1 spiro atoms. The number of rotatable bonds is 1. The average Bonchev–Trinajstić information content (AvgIpc) is 3.05. The number of hydrogen-bond donors (Lipinski definition) is 0. The number of fused-ring (bicyclic) bond motifs is 6. The molecule has 0 radical (unpaired) electrons. The first-order valence-electron chi connectivity index (χ1n) is 10.6. The minimum absolute atomic E-state index is 0.318. The van der Waals surface area contributed by atoms with E-state index in [9.17, 15) is 9.59 Å². The Labute approximate surface area is 151 Å². The molecule has 5 aliphatic carbocycles. The highest BCUT2D eigenvalue weighted by Gasteiger charge is 2.76. The van der Waals surface area contributed by atoms with E-state index in [0.717, 1.165) is 31.1 Å². The third-order valence-electron chi connectivity index (χ3n) is 10.3. The molecule has 0 aliphatic heterocycles. The van der Waals surface area contributed by atoms with E-state index in [1.165, 1.54) is 44.0 Å². The van der Waals surface area contributed by atoms with Crippen LogP contribution in [-0.2, 0) is 9.59 Å². The van der Waals surface area contributed by atoms with Crippen LogP contribution in [0.5, 0.6) is 0 Å². The zero-order valence-electron chi connectivity index (χ0n) is 16.0. The molecule has 4 fully saturated rings. The summed E-state index contributed by atoms with van der Waals surface area (Å²) >= 11 is 0. The van der Waals surface area contributed by atoms with Crippen LogP contribution in [0.25, 0.3) is 0 Å². The first-order valence-corrected chi connectivity index (χ1v) is 10.6. The molecule has 5 rings (SSSR count). The summed E-state index contributed by atoms with van der Waals surface area (Å²) in [5.41, 5.74) is 2.54. The molecule has 0 aromatic rings. The Hall–Kier alpha value is -0.920. The van der Waals surface area contributed by atoms with E-state index in [1.807, 2.05) is 6.08 Å². The number of allylic oxidation sites excluding steroid dienone is 1. The van der Waals surface area contributed by atoms with Crippen LogP contribution in [0.1, 0.15) is 72.1 Å². The molecule has 8 atom stereocenters. The zero-order valence-corrected chi connectivity index (χ0v) is 16.0. The Kier molecular flexibility index (Phi) is 3.17. The molecule has 136 valence electrons. The summed E-state index contributed by atoms with van der Waals surface area (Å²) in [5.74, 6) is 3.49. The standard InChI is InChI=1S/C23H32O2/c1-14-20(13-24)23(14)9-8-19-18-6-4-15-12-16(25)5-7-17(15)21(18,2)10-11-22(19,23)3/h12-14,17-20H,4-11H2,1-3H3/t14-,17?,18?,19+,20?,21?,22+,23-/m1/s1. The van der Waals surface area contributed by atoms with E-state index in [2.05, 4.69) is 20.8 Å². The Morgan fingerprint density at radius 3 is 2.56 bits per heavy atom. The van der Waals surface area contributed by atoms with E-state index in [-0.39, 0.29) is 0 Å². The van der Waals surface area contributed by atoms with Gasteiger partial charge in [-0.1, -0.05) is 26.3 Å². The number of aldehydes is 1. The lowest BCUT2D eigenvalue weighted by molar-refractivity contribution is -0.118. The van der Waals surface area contributed by atoms with Crippen molar-refractivity contribution in [1.29, 1.82) is 0 Å². The van der Waals surface area contributed by atoms with Crippen molar-refractivity contribution in [3.63, 3.8) is 0 Å². The van der Waals surface area contributed by atoms with Gasteiger partial charge in [0.2, 0.25) is 0 Å². The van der Waals surface area contributed by atoms with Gasteiger partial charge in [-0.15, -0.1) is 0 Å². The van der Waals surface area contributed by atoms with Crippen LogP contribution in [0.3, 0.4) is 0 Å². The molecule has 0 saturated heterocycles. The molecule has 0 amide bonds. The maximum atomic E-state index is 11.9. The molecular formula is C23H32O2. The maximum absolute atomic E-state index is 11.9. The lowest BCUT2D eigenvalue weighted by Gasteiger charge is -2.60. The molecule has 4 unspecified atom stereocenters. The maximum Gasteiger partial charge on any atom is 0.155 e. The lowest BCUT2D eigenvalue weighted by Crippen LogP contribution is -2.53. The van der Waals surface area contributed by atoms with Gasteiger partial charge >= 0.3 is 0 Å². The zero-order chi connectivity index (χ0) is 17.6. The first-order chi connectivity index (χ1) is 11.9. The number of carbonyl (C=O) groups excluding carboxylic acids is 2. The third-order valence-corrected chi connectivity index (χ3v) is 10.3. The first kappa shape index (κ1) is 16.3. The molecule has 5 aliphatic rings. The van der Waals surface area contributed by atoms with Crippen LogP contribution >= 0.6 is 0 Å². The normalized spacial score (nSPS) is 56.7. The molecule has 0 heterocycles. The monoisotopic (exact) mass is 340 g/mol. The highest BCUT2D eigenvalue weighted by atomic mass is 16.1. The summed E-state index contributed by atoms with van der Waals surface area (Å²) in [6, 6.07) is 0. The molecule has 25 heavy (non-hydrogen) atoms. The van der Waals surface area contributed by atoms with E-state index in [4.69, 9.17) is 0 Å². The Bertz CT molecular complexity index is 678. The van der Waals surface area contributed by atoms with Crippen molar-refractivity contribution in [1.82, 2.24) is 0 Å². The van der Waals surface area contributed by atoms with Crippen LogP contribution in [0.15, 0.2) is 11.6 Å². The van der Waals surface area contributed by atoms with E-state index >= 15 is 0 Å². The van der Waals surface area contributed by atoms with Gasteiger partial charge in [-0.2, -0.15) is 0 Å². The SMILES string of the molecule is C[C@@H]1C(C=O)[C@@]12CC[C@H]1C3CCC4=CC(=O)CCC4C3(C)CC[C@@]12C. The van der Waals surface area contributed by atoms with Gasteiger partial charge in [0.05, 0.1) is 0 Å². The fraction of sp³-hybridized carbons (Fsp3) is 0.826. The van der Waals surface area contributed by atoms with Gasteiger partial charge in [-0.25, -0.2) is 0 Å². The van der Waals surface area contributed by atoms with Gasteiger partial charge in [-0.05, 0) is 90.9 Å². The number of hydrogen-bond acceptors (Lipinski definition) is 2. The molecule has 0 bridgehead atoms. The minimum atomic E-state index is 0.318. The summed E-state index contributed by atoms with van der Waals surface area (Å²) in [6.45, 7) is 7.41. The van der Waals surface area contributed by atoms with Crippen LogP contribution < -0.4 is 0 Å². The predicted octanol–water partition coefficient (Wildman–Crippen LogP) is 4.97.